The van der Waals surface area contributed by atoms with Crippen LogP contribution in [0.1, 0.15) is 11.1 Å². The molecule has 0 atom stereocenters. The maximum absolute atomic E-state index is 12.0. The second-order valence-corrected chi connectivity index (χ2v) is 4.46. The molecule has 0 spiro atoms. The summed E-state index contributed by atoms with van der Waals surface area (Å²) in [5.74, 6) is 0.235. The van der Waals surface area contributed by atoms with Gasteiger partial charge in [-0.15, -0.1) is 0 Å². The highest BCUT2D eigenvalue weighted by Crippen LogP contribution is 2.36. The van der Waals surface area contributed by atoms with Crippen molar-refractivity contribution in [1.82, 2.24) is 0 Å². The van der Waals surface area contributed by atoms with E-state index in [9.17, 15) is 9.90 Å². The van der Waals surface area contributed by atoms with Crippen LogP contribution in [-0.4, -0.2) is 18.1 Å². The molecule has 0 aliphatic carbocycles. The SMILES string of the molecule is COc1cccc(/C=C2\C(=O)Nc3ccccc32)c1O. The summed E-state index contributed by atoms with van der Waals surface area (Å²) in [5.41, 5.74) is 2.70. The summed E-state index contributed by atoms with van der Waals surface area (Å²) in [7, 11) is 1.49. The second kappa shape index (κ2) is 4.74. The van der Waals surface area contributed by atoms with Gasteiger partial charge >= 0.3 is 0 Å². The molecular weight excluding hydrogens is 254 g/mol. The van der Waals surface area contributed by atoms with E-state index >= 15 is 0 Å². The molecule has 0 fully saturated rings. The summed E-state index contributed by atoms with van der Waals surface area (Å²) in [6.07, 6.45) is 1.67. The molecule has 0 bridgehead atoms. The number of rotatable bonds is 2. The largest absolute Gasteiger partial charge is 0.504 e. The summed E-state index contributed by atoms with van der Waals surface area (Å²) in [6.45, 7) is 0. The lowest BCUT2D eigenvalue weighted by Gasteiger charge is -2.06. The highest BCUT2D eigenvalue weighted by molar-refractivity contribution is 6.35. The number of phenols is 1. The van der Waals surface area contributed by atoms with Crippen LogP contribution in [-0.2, 0) is 4.79 Å². The minimum atomic E-state index is -0.173. The molecule has 2 aromatic carbocycles. The average Bonchev–Trinajstić information content (AvgIpc) is 2.77. The van der Waals surface area contributed by atoms with Gasteiger partial charge in [0.25, 0.3) is 5.91 Å². The smallest absolute Gasteiger partial charge is 0.256 e. The minimum absolute atomic E-state index is 0.0275. The van der Waals surface area contributed by atoms with Crippen LogP contribution in [0.25, 0.3) is 11.6 Å². The molecule has 2 N–H and O–H groups in total. The van der Waals surface area contributed by atoms with Crippen LogP contribution < -0.4 is 10.1 Å². The summed E-state index contributed by atoms with van der Waals surface area (Å²) < 4.78 is 5.07. The molecule has 0 saturated carbocycles. The summed E-state index contributed by atoms with van der Waals surface area (Å²) in [6, 6.07) is 12.6. The average molecular weight is 267 g/mol. The van der Waals surface area contributed by atoms with Gasteiger partial charge in [-0.3, -0.25) is 4.79 Å². The lowest BCUT2D eigenvalue weighted by atomic mass is 10.0. The molecule has 1 aliphatic rings. The Bertz CT molecular complexity index is 719. The van der Waals surface area contributed by atoms with Crippen LogP contribution in [0, 0.1) is 0 Å². The lowest BCUT2D eigenvalue weighted by molar-refractivity contribution is -0.110. The number of aromatic hydroxyl groups is 1. The van der Waals surface area contributed by atoms with E-state index in [0.717, 1.165) is 11.3 Å². The third-order valence-electron chi connectivity index (χ3n) is 3.26. The number of amides is 1. The molecule has 0 radical (unpaired) electrons. The van der Waals surface area contributed by atoms with Crippen LogP contribution in [0.15, 0.2) is 42.5 Å². The van der Waals surface area contributed by atoms with Gasteiger partial charge in [-0.25, -0.2) is 0 Å². The predicted octanol–water partition coefficient (Wildman–Crippen LogP) is 2.89. The number of carbonyl (C=O) groups excluding carboxylic acids is 1. The number of phenolic OH excluding ortho intramolecular Hbond substituents is 1. The number of anilines is 1. The molecule has 2 aromatic rings. The van der Waals surface area contributed by atoms with E-state index in [2.05, 4.69) is 5.32 Å². The van der Waals surface area contributed by atoms with Gasteiger partial charge in [-0.2, -0.15) is 0 Å². The number of nitrogens with one attached hydrogen (secondary N) is 1. The Kier molecular flexibility index (Phi) is 2.91. The summed E-state index contributed by atoms with van der Waals surface area (Å²) >= 11 is 0. The van der Waals surface area contributed by atoms with Gasteiger partial charge in [0.1, 0.15) is 0 Å². The normalized spacial score (nSPS) is 15.1. The van der Waals surface area contributed by atoms with Gasteiger partial charge in [-0.05, 0) is 18.2 Å². The maximum Gasteiger partial charge on any atom is 0.256 e. The number of hydrogen-bond donors (Lipinski definition) is 2. The molecule has 1 aliphatic heterocycles. The highest BCUT2D eigenvalue weighted by atomic mass is 16.5. The molecule has 4 heteroatoms. The molecule has 0 saturated heterocycles. The van der Waals surface area contributed by atoms with Crippen LogP contribution >= 0.6 is 0 Å². The fraction of sp³-hybridized carbons (Fsp3) is 0.0625. The Morgan fingerprint density at radius 2 is 1.95 bits per heavy atom. The first-order valence-corrected chi connectivity index (χ1v) is 6.19. The lowest BCUT2D eigenvalue weighted by Crippen LogP contribution is -2.03. The van der Waals surface area contributed by atoms with Crippen LogP contribution in [0.5, 0.6) is 11.5 Å². The van der Waals surface area contributed by atoms with Crippen molar-refractivity contribution in [2.24, 2.45) is 0 Å². The number of carbonyl (C=O) groups is 1. The highest BCUT2D eigenvalue weighted by Gasteiger charge is 2.23. The third kappa shape index (κ3) is 1.91. The number of benzene rings is 2. The molecule has 4 nitrogen and oxygen atoms in total. The standard InChI is InChI=1S/C16H13NO3/c1-20-14-8-4-5-10(15(14)18)9-12-11-6-2-3-7-13(11)17-16(12)19/h2-9,18H,1H3,(H,17,19)/b12-9-. The fourth-order valence-electron chi connectivity index (χ4n) is 2.26. The van der Waals surface area contributed by atoms with Gasteiger partial charge in [0.15, 0.2) is 11.5 Å². The van der Waals surface area contributed by atoms with Crippen molar-refractivity contribution in [2.75, 3.05) is 12.4 Å². The third-order valence-corrected chi connectivity index (χ3v) is 3.26. The van der Waals surface area contributed by atoms with E-state index in [1.807, 2.05) is 24.3 Å². The van der Waals surface area contributed by atoms with Crippen molar-refractivity contribution >= 4 is 23.2 Å². The Labute approximate surface area is 116 Å². The quantitative estimate of drug-likeness (QED) is 0.822. The van der Waals surface area contributed by atoms with E-state index in [-0.39, 0.29) is 11.7 Å². The van der Waals surface area contributed by atoms with Crippen LogP contribution in [0.3, 0.4) is 0 Å². The number of ether oxygens (including phenoxy) is 1. The fourth-order valence-corrected chi connectivity index (χ4v) is 2.26. The number of para-hydroxylation sites is 2. The Hall–Kier alpha value is -2.75. The molecular formula is C16H13NO3. The summed E-state index contributed by atoms with van der Waals surface area (Å²) in [4.78, 5) is 12.0. The van der Waals surface area contributed by atoms with Crippen LogP contribution in [0.2, 0.25) is 0 Å². The molecule has 1 heterocycles. The number of fused-ring (bicyclic) bond motifs is 1. The van der Waals surface area contributed by atoms with Crippen molar-refractivity contribution in [3.63, 3.8) is 0 Å². The van der Waals surface area contributed by atoms with Gasteiger partial charge in [0, 0.05) is 22.4 Å². The Morgan fingerprint density at radius 1 is 1.15 bits per heavy atom. The molecule has 3 rings (SSSR count). The van der Waals surface area contributed by atoms with E-state index in [1.54, 1.807) is 24.3 Å². The van der Waals surface area contributed by atoms with Crippen molar-refractivity contribution in [2.45, 2.75) is 0 Å². The predicted molar refractivity (Wildman–Crippen MR) is 77.6 cm³/mol. The number of hydrogen-bond acceptors (Lipinski definition) is 3. The first-order valence-electron chi connectivity index (χ1n) is 6.19. The molecule has 0 aromatic heterocycles. The number of methoxy groups -OCH3 is 1. The van der Waals surface area contributed by atoms with Gasteiger partial charge < -0.3 is 15.2 Å². The van der Waals surface area contributed by atoms with Gasteiger partial charge in [-0.1, -0.05) is 30.3 Å². The summed E-state index contributed by atoms with van der Waals surface area (Å²) in [5, 5.41) is 12.9. The van der Waals surface area contributed by atoms with Crippen molar-refractivity contribution in [1.29, 1.82) is 0 Å². The zero-order chi connectivity index (χ0) is 14.1. The topological polar surface area (TPSA) is 58.6 Å². The monoisotopic (exact) mass is 267 g/mol. The molecule has 20 heavy (non-hydrogen) atoms. The maximum atomic E-state index is 12.0. The van der Waals surface area contributed by atoms with E-state index in [0.29, 0.717) is 16.9 Å². The van der Waals surface area contributed by atoms with E-state index in [1.165, 1.54) is 7.11 Å². The first kappa shape index (κ1) is 12.3. The zero-order valence-corrected chi connectivity index (χ0v) is 10.9. The van der Waals surface area contributed by atoms with Crippen molar-refractivity contribution < 1.29 is 14.6 Å². The van der Waals surface area contributed by atoms with Crippen molar-refractivity contribution in [3.05, 3.63) is 53.6 Å². The first-order chi connectivity index (χ1) is 9.70. The molecule has 1 amide bonds. The van der Waals surface area contributed by atoms with Gasteiger partial charge in [0.05, 0.1) is 7.11 Å². The van der Waals surface area contributed by atoms with E-state index < -0.39 is 0 Å². The van der Waals surface area contributed by atoms with Crippen LogP contribution in [0.4, 0.5) is 5.69 Å². The Morgan fingerprint density at radius 3 is 2.75 bits per heavy atom. The molecule has 0 unspecified atom stereocenters. The second-order valence-electron chi connectivity index (χ2n) is 4.46. The Balaban J connectivity index is 2.12. The minimum Gasteiger partial charge on any atom is -0.504 e. The van der Waals surface area contributed by atoms with Crippen molar-refractivity contribution in [3.8, 4) is 11.5 Å². The van der Waals surface area contributed by atoms with E-state index in [4.69, 9.17) is 4.74 Å². The molecule has 100 valence electrons. The zero-order valence-electron chi connectivity index (χ0n) is 10.9. The van der Waals surface area contributed by atoms with Gasteiger partial charge in [0.2, 0.25) is 0 Å².